The Bertz CT molecular complexity index is 741. The van der Waals surface area contributed by atoms with E-state index in [0.717, 1.165) is 12.4 Å². The zero-order chi connectivity index (χ0) is 15.9. The topological polar surface area (TPSA) is 108 Å². The highest BCUT2D eigenvalue weighted by molar-refractivity contribution is 5.80. The summed E-state index contributed by atoms with van der Waals surface area (Å²) < 4.78 is 0. The Hall–Kier alpha value is -3.35. The maximum Gasteiger partial charge on any atom is 0.303 e. The minimum Gasteiger partial charge on any atom is -0.506 e. The minimum absolute atomic E-state index is 0.0286. The monoisotopic (exact) mass is 299 g/mol. The van der Waals surface area contributed by atoms with E-state index in [1.54, 1.807) is 30.3 Å². The lowest BCUT2D eigenvalue weighted by Crippen LogP contribution is -2.03. The smallest absolute Gasteiger partial charge is 0.303 e. The summed E-state index contributed by atoms with van der Waals surface area (Å²) in [4.78, 5) is 14.2. The molecule has 22 heavy (non-hydrogen) atoms. The van der Waals surface area contributed by atoms with Gasteiger partial charge in [0.1, 0.15) is 23.4 Å². The summed E-state index contributed by atoms with van der Waals surface area (Å²) in [6.07, 6.45) is 2.13. The Balaban J connectivity index is 2.20. The van der Waals surface area contributed by atoms with Crippen molar-refractivity contribution >= 4 is 17.6 Å². The third-order valence-electron chi connectivity index (χ3n) is 2.71. The van der Waals surface area contributed by atoms with Crippen LogP contribution in [0.1, 0.15) is 0 Å². The van der Waals surface area contributed by atoms with Crippen LogP contribution in [0.4, 0.5) is 11.4 Å². The fraction of sp³-hybridized carbons (Fsp3) is 0. The maximum absolute atomic E-state index is 11.0. The molecule has 0 bridgehead atoms. The van der Waals surface area contributed by atoms with E-state index in [-0.39, 0.29) is 22.9 Å². The predicted molar refractivity (Wildman–Crippen MR) is 83.1 cm³/mol. The highest BCUT2D eigenvalue weighted by Crippen LogP contribution is 2.25. The molecule has 2 aromatic rings. The van der Waals surface area contributed by atoms with Gasteiger partial charge in [0.05, 0.1) is 16.8 Å². The van der Waals surface area contributed by atoms with Crippen LogP contribution in [-0.2, 0) is 0 Å². The van der Waals surface area contributed by atoms with Crippen molar-refractivity contribution in [3.63, 3.8) is 0 Å². The number of allylic oxidation sites excluding steroid dienone is 1. The first kappa shape index (κ1) is 15.0. The van der Waals surface area contributed by atoms with Gasteiger partial charge < -0.3 is 15.5 Å². The number of aliphatic imine (C=N–C) groups is 1. The number of hydrogen-bond acceptors (Lipinski definition) is 6. The summed E-state index contributed by atoms with van der Waals surface area (Å²) >= 11 is 0. The molecule has 0 unspecified atom stereocenters. The third kappa shape index (κ3) is 3.83. The molecular weight excluding hydrogens is 286 g/mol. The molecule has 0 aliphatic carbocycles. The zero-order valence-electron chi connectivity index (χ0n) is 11.4. The summed E-state index contributed by atoms with van der Waals surface area (Å²) in [5, 5.41) is 32.8. The van der Waals surface area contributed by atoms with Crippen LogP contribution in [0.25, 0.3) is 0 Å². The van der Waals surface area contributed by atoms with Crippen LogP contribution in [-0.4, -0.2) is 21.4 Å². The number of aromatic hydroxyl groups is 2. The lowest BCUT2D eigenvalue weighted by atomic mass is 10.3. The first-order valence-electron chi connectivity index (χ1n) is 6.29. The summed E-state index contributed by atoms with van der Waals surface area (Å²) in [6, 6.07) is 12.6. The van der Waals surface area contributed by atoms with Crippen molar-refractivity contribution < 1.29 is 15.1 Å². The fourth-order valence-corrected chi connectivity index (χ4v) is 1.59. The lowest BCUT2D eigenvalue weighted by Gasteiger charge is -2.02. The average Bonchev–Trinajstić information content (AvgIpc) is 2.50. The largest absolute Gasteiger partial charge is 0.506 e. The van der Waals surface area contributed by atoms with E-state index in [2.05, 4.69) is 10.3 Å². The number of nitro groups is 1. The molecule has 3 N–H and O–H groups in total. The molecule has 0 aliphatic rings. The Morgan fingerprint density at radius 3 is 2.36 bits per heavy atom. The second kappa shape index (κ2) is 6.89. The molecule has 0 amide bonds. The number of phenols is 2. The Morgan fingerprint density at radius 1 is 1.09 bits per heavy atom. The molecule has 0 heterocycles. The lowest BCUT2D eigenvalue weighted by molar-refractivity contribution is -0.414. The minimum atomic E-state index is -0.628. The molecule has 7 nitrogen and oxygen atoms in total. The van der Waals surface area contributed by atoms with Crippen LogP contribution in [0.2, 0.25) is 0 Å². The number of anilines is 1. The van der Waals surface area contributed by atoms with Crippen molar-refractivity contribution in [2.24, 2.45) is 4.99 Å². The number of hydrogen-bond donors (Lipinski definition) is 3. The predicted octanol–water partition coefficient (Wildman–Crippen LogP) is 3.03. The quantitative estimate of drug-likeness (QED) is 0.340. The van der Waals surface area contributed by atoms with Crippen LogP contribution in [0, 0.1) is 10.1 Å². The number of benzene rings is 2. The number of phenolic OH excluding ortho intramolecular Hbond substituents is 2. The van der Waals surface area contributed by atoms with Crippen LogP contribution < -0.4 is 5.32 Å². The van der Waals surface area contributed by atoms with Gasteiger partial charge in [0.2, 0.25) is 0 Å². The Labute approximate surface area is 126 Å². The molecule has 0 saturated heterocycles. The van der Waals surface area contributed by atoms with Crippen LogP contribution in [0.15, 0.2) is 65.4 Å². The molecule has 0 aliphatic heterocycles. The van der Waals surface area contributed by atoms with Gasteiger partial charge >= 0.3 is 5.70 Å². The second-order valence-corrected chi connectivity index (χ2v) is 4.23. The Kier molecular flexibility index (Phi) is 4.71. The average molecular weight is 299 g/mol. The number of rotatable bonds is 5. The van der Waals surface area contributed by atoms with Gasteiger partial charge in [-0.25, -0.2) is 4.99 Å². The highest BCUT2D eigenvalue weighted by Gasteiger charge is 2.08. The van der Waals surface area contributed by atoms with E-state index in [4.69, 9.17) is 0 Å². The van der Waals surface area contributed by atoms with Gasteiger partial charge in [-0.15, -0.1) is 0 Å². The molecule has 0 radical (unpaired) electrons. The van der Waals surface area contributed by atoms with Crippen molar-refractivity contribution in [3.8, 4) is 11.5 Å². The highest BCUT2D eigenvalue weighted by atomic mass is 16.6. The van der Waals surface area contributed by atoms with Gasteiger partial charge in [0.15, 0.2) is 0 Å². The molecule has 0 atom stereocenters. The van der Waals surface area contributed by atoms with E-state index >= 15 is 0 Å². The zero-order valence-corrected chi connectivity index (χ0v) is 11.4. The van der Waals surface area contributed by atoms with E-state index in [1.807, 2.05) is 0 Å². The summed E-state index contributed by atoms with van der Waals surface area (Å²) in [5.74, 6) is -0.103. The first-order chi connectivity index (χ1) is 10.6. The molecule has 0 aromatic heterocycles. The summed E-state index contributed by atoms with van der Waals surface area (Å²) in [6.45, 7) is 0. The maximum atomic E-state index is 11.0. The number of para-hydroxylation sites is 4. The van der Waals surface area contributed by atoms with Gasteiger partial charge in [-0.2, -0.15) is 0 Å². The molecule has 7 heteroatoms. The summed E-state index contributed by atoms with van der Waals surface area (Å²) in [7, 11) is 0. The van der Waals surface area contributed by atoms with E-state index in [9.17, 15) is 20.3 Å². The number of nitrogens with one attached hydrogen (secondary N) is 1. The Morgan fingerprint density at radius 2 is 1.73 bits per heavy atom. The number of nitrogens with zero attached hydrogens (tertiary/aromatic N) is 2. The van der Waals surface area contributed by atoms with Crippen LogP contribution >= 0.6 is 0 Å². The van der Waals surface area contributed by atoms with E-state index in [1.165, 1.54) is 18.2 Å². The molecule has 0 spiro atoms. The SMILES string of the molecule is O=[N+]([O-])C(C=Nc1ccccc1O)=CNc1ccccc1O. The van der Waals surface area contributed by atoms with Crippen LogP contribution in [0.3, 0.4) is 0 Å². The molecule has 112 valence electrons. The first-order valence-corrected chi connectivity index (χ1v) is 6.29. The fourth-order valence-electron chi connectivity index (χ4n) is 1.59. The third-order valence-corrected chi connectivity index (χ3v) is 2.71. The molecule has 2 aromatic carbocycles. The van der Waals surface area contributed by atoms with Gasteiger partial charge in [-0.1, -0.05) is 24.3 Å². The van der Waals surface area contributed by atoms with Gasteiger partial charge in [-0.05, 0) is 24.3 Å². The van der Waals surface area contributed by atoms with Crippen molar-refractivity contribution in [1.82, 2.24) is 0 Å². The second-order valence-electron chi connectivity index (χ2n) is 4.23. The van der Waals surface area contributed by atoms with Gasteiger partial charge in [0.25, 0.3) is 0 Å². The van der Waals surface area contributed by atoms with Gasteiger partial charge in [0, 0.05) is 0 Å². The van der Waals surface area contributed by atoms with Crippen LogP contribution in [0.5, 0.6) is 11.5 Å². The summed E-state index contributed by atoms with van der Waals surface area (Å²) in [5.41, 5.74) is 0.224. The van der Waals surface area contributed by atoms with E-state index in [0.29, 0.717) is 5.69 Å². The molecular formula is C15H13N3O4. The molecule has 2 rings (SSSR count). The normalized spacial score (nSPS) is 11.5. The van der Waals surface area contributed by atoms with Crippen molar-refractivity contribution in [3.05, 3.63) is 70.5 Å². The molecule has 0 saturated carbocycles. The molecule has 0 fully saturated rings. The van der Waals surface area contributed by atoms with Crippen molar-refractivity contribution in [2.75, 3.05) is 5.32 Å². The van der Waals surface area contributed by atoms with E-state index < -0.39 is 4.92 Å². The standard InChI is InChI=1S/C15H13N3O4/c19-14-7-3-1-5-12(14)16-9-11(18(21)22)10-17-13-6-2-4-8-15(13)20/h1-10,16,19-20H. The van der Waals surface area contributed by atoms with Gasteiger partial charge in [-0.3, -0.25) is 10.1 Å². The van der Waals surface area contributed by atoms with Crippen molar-refractivity contribution in [1.29, 1.82) is 0 Å². The van der Waals surface area contributed by atoms with Crippen molar-refractivity contribution in [2.45, 2.75) is 0 Å².